The van der Waals surface area contributed by atoms with Crippen LogP contribution in [0, 0.1) is 0 Å². The van der Waals surface area contributed by atoms with Crippen LogP contribution in [-0.2, 0) is 20.9 Å². The van der Waals surface area contributed by atoms with Crippen molar-refractivity contribution < 1.29 is 20.8 Å². The molecule has 0 bridgehead atoms. The molecule has 1 aromatic carbocycles. The lowest BCUT2D eigenvalue weighted by Crippen LogP contribution is -2.60. The van der Waals surface area contributed by atoms with Crippen molar-refractivity contribution in [3.05, 3.63) is 35.9 Å². The fraction of sp³-hybridized carbons (Fsp3) is 0.273. The number of carboxylic acid groups (broad SMARTS) is 1. The fourth-order valence-corrected chi connectivity index (χ4v) is 1.02. The molecule has 0 aromatic heterocycles. The highest BCUT2D eigenvalue weighted by Crippen LogP contribution is 2.06. The second kappa shape index (κ2) is 5.42. The molecule has 1 aromatic rings. The molecule has 17 heavy (non-hydrogen) atoms. The average molecular weight is 239 g/mol. The van der Waals surface area contributed by atoms with Gasteiger partial charge in [0, 0.05) is 6.54 Å². The van der Waals surface area contributed by atoms with E-state index < -0.39 is 30.6 Å². The zero-order chi connectivity index (χ0) is 13.8. The van der Waals surface area contributed by atoms with Crippen molar-refractivity contribution in [1.82, 2.24) is 0 Å². The van der Waals surface area contributed by atoms with Crippen molar-refractivity contribution >= 4 is 11.9 Å². The van der Waals surface area contributed by atoms with E-state index in [1.807, 2.05) is 0 Å². The topological polar surface area (TPSA) is 116 Å². The molecular formula is C11H14N2O4. The standard InChI is InChI=1S/C11H14N2O4/c12-7-11(13,9(14)15)10(16)17-6-8-4-2-1-3-5-8/h1-5H,6-7,12-13H2,(H,14,15)/i6D. The summed E-state index contributed by atoms with van der Waals surface area (Å²) in [4.78, 5) is 22.4. The lowest BCUT2D eigenvalue weighted by Gasteiger charge is -2.20. The third-order valence-corrected chi connectivity index (χ3v) is 2.17. The van der Waals surface area contributed by atoms with Gasteiger partial charge >= 0.3 is 11.9 Å². The first-order valence-electron chi connectivity index (χ1n) is 5.40. The second-order valence-electron chi connectivity index (χ2n) is 3.41. The molecule has 2 unspecified atom stereocenters. The predicted molar refractivity (Wildman–Crippen MR) is 59.8 cm³/mol. The first-order valence-corrected chi connectivity index (χ1v) is 4.82. The van der Waals surface area contributed by atoms with Crippen molar-refractivity contribution in [2.45, 2.75) is 12.1 Å². The highest BCUT2D eigenvalue weighted by molar-refractivity contribution is 6.04. The van der Waals surface area contributed by atoms with Crippen LogP contribution in [0.15, 0.2) is 30.3 Å². The average Bonchev–Trinajstić information content (AvgIpc) is 2.38. The minimum Gasteiger partial charge on any atom is -0.479 e. The van der Waals surface area contributed by atoms with E-state index in [1.165, 1.54) is 0 Å². The van der Waals surface area contributed by atoms with Gasteiger partial charge in [-0.15, -0.1) is 0 Å². The number of carboxylic acids is 1. The number of esters is 1. The number of hydrogen-bond acceptors (Lipinski definition) is 5. The van der Waals surface area contributed by atoms with Gasteiger partial charge in [-0.3, -0.25) is 0 Å². The Labute approximate surface area is 99.6 Å². The highest BCUT2D eigenvalue weighted by atomic mass is 16.5. The molecule has 0 saturated heterocycles. The number of nitrogens with two attached hydrogens (primary N) is 2. The molecule has 0 aliphatic heterocycles. The molecule has 0 spiro atoms. The number of carbonyl (C=O) groups is 2. The van der Waals surface area contributed by atoms with E-state index in [-0.39, 0.29) is 0 Å². The molecular weight excluding hydrogens is 224 g/mol. The van der Waals surface area contributed by atoms with Crippen molar-refractivity contribution in [2.75, 3.05) is 6.54 Å². The summed E-state index contributed by atoms with van der Waals surface area (Å²) >= 11 is 0. The Balaban J connectivity index is 2.79. The zero-order valence-corrected chi connectivity index (χ0v) is 9.00. The Bertz CT molecular complexity index is 440. The van der Waals surface area contributed by atoms with Gasteiger partial charge in [-0.1, -0.05) is 30.3 Å². The Hall–Kier alpha value is -1.92. The van der Waals surface area contributed by atoms with E-state index in [4.69, 9.17) is 22.7 Å². The predicted octanol–water partition coefficient (Wildman–Crippen LogP) is -0.529. The molecule has 5 N–H and O–H groups in total. The Morgan fingerprint density at radius 2 is 2.00 bits per heavy atom. The van der Waals surface area contributed by atoms with Gasteiger partial charge in [0.2, 0.25) is 5.54 Å². The minimum absolute atomic E-state index is 0.413. The molecule has 0 amide bonds. The Morgan fingerprint density at radius 1 is 1.41 bits per heavy atom. The lowest BCUT2D eigenvalue weighted by atomic mass is 10.0. The molecule has 2 atom stereocenters. The highest BCUT2D eigenvalue weighted by Gasteiger charge is 2.42. The largest absolute Gasteiger partial charge is 0.479 e. The Morgan fingerprint density at radius 3 is 2.47 bits per heavy atom. The molecule has 0 aliphatic carbocycles. The summed E-state index contributed by atoms with van der Waals surface area (Å²) in [5, 5.41) is 8.82. The van der Waals surface area contributed by atoms with Crippen LogP contribution in [0.5, 0.6) is 0 Å². The van der Waals surface area contributed by atoms with Crippen LogP contribution >= 0.6 is 0 Å². The van der Waals surface area contributed by atoms with Crippen LogP contribution in [0.2, 0.25) is 0 Å². The number of rotatable bonds is 5. The SMILES string of the molecule is [2H]C(OC(=O)C(N)(CN)C(=O)O)c1ccccc1. The molecule has 6 heteroatoms. The number of carbonyl (C=O) groups excluding carboxylic acids is 1. The molecule has 6 nitrogen and oxygen atoms in total. The fourth-order valence-electron chi connectivity index (χ4n) is 1.02. The van der Waals surface area contributed by atoms with Gasteiger partial charge in [-0.05, 0) is 5.56 Å². The van der Waals surface area contributed by atoms with Crippen LogP contribution in [0.25, 0.3) is 0 Å². The third kappa shape index (κ3) is 3.02. The van der Waals surface area contributed by atoms with Crippen LogP contribution in [-0.4, -0.2) is 29.1 Å². The summed E-state index contributed by atoms with van der Waals surface area (Å²) in [6, 6.07) is 8.22. The monoisotopic (exact) mass is 239 g/mol. The number of aliphatic carboxylic acids is 1. The molecule has 92 valence electrons. The molecule has 0 saturated carbocycles. The molecule has 0 aliphatic rings. The van der Waals surface area contributed by atoms with Gasteiger partial charge in [0.25, 0.3) is 0 Å². The number of ether oxygens (including phenoxy) is 1. The van der Waals surface area contributed by atoms with Crippen molar-refractivity contribution in [1.29, 1.82) is 0 Å². The summed E-state index contributed by atoms with van der Waals surface area (Å²) in [6.07, 6.45) is 0. The van der Waals surface area contributed by atoms with Gasteiger partial charge in [-0.2, -0.15) is 0 Å². The van der Waals surface area contributed by atoms with Crippen LogP contribution in [0.3, 0.4) is 0 Å². The number of hydrogen-bond donors (Lipinski definition) is 3. The summed E-state index contributed by atoms with van der Waals surface area (Å²) in [5.74, 6) is -2.82. The smallest absolute Gasteiger partial charge is 0.339 e. The van der Waals surface area contributed by atoms with E-state index in [9.17, 15) is 9.59 Å². The third-order valence-electron chi connectivity index (χ3n) is 2.17. The summed E-state index contributed by atoms with van der Waals surface area (Å²) in [5.41, 5.74) is 8.57. The van der Waals surface area contributed by atoms with Crippen molar-refractivity contribution in [3.8, 4) is 0 Å². The van der Waals surface area contributed by atoms with Crippen molar-refractivity contribution in [3.63, 3.8) is 0 Å². The quantitative estimate of drug-likeness (QED) is 0.470. The van der Waals surface area contributed by atoms with E-state index >= 15 is 0 Å². The number of benzene rings is 1. The molecule has 0 heterocycles. The minimum atomic E-state index is -2.33. The molecule has 1 rings (SSSR count). The van der Waals surface area contributed by atoms with Crippen LogP contribution in [0.1, 0.15) is 6.93 Å². The van der Waals surface area contributed by atoms with Gasteiger partial charge in [-0.25, -0.2) is 9.59 Å². The normalized spacial score (nSPS) is 16.5. The van der Waals surface area contributed by atoms with E-state index in [0.29, 0.717) is 5.56 Å². The van der Waals surface area contributed by atoms with E-state index in [1.54, 1.807) is 30.3 Å². The first-order chi connectivity index (χ1) is 8.41. The second-order valence-corrected chi connectivity index (χ2v) is 3.41. The summed E-state index contributed by atoms with van der Waals surface area (Å²) < 4.78 is 12.3. The van der Waals surface area contributed by atoms with E-state index in [0.717, 1.165) is 0 Å². The van der Waals surface area contributed by atoms with Crippen LogP contribution in [0.4, 0.5) is 0 Å². The first kappa shape index (κ1) is 11.6. The van der Waals surface area contributed by atoms with Gasteiger partial charge in [0.05, 0.1) is 1.37 Å². The zero-order valence-electron chi connectivity index (χ0n) is 10.00. The van der Waals surface area contributed by atoms with E-state index in [2.05, 4.69) is 0 Å². The molecule has 0 radical (unpaired) electrons. The maximum absolute atomic E-state index is 11.6. The maximum atomic E-state index is 11.6. The summed E-state index contributed by atoms with van der Waals surface area (Å²) in [6.45, 7) is -1.95. The van der Waals surface area contributed by atoms with Gasteiger partial charge in [0.1, 0.15) is 6.58 Å². The van der Waals surface area contributed by atoms with Gasteiger partial charge in [0.15, 0.2) is 0 Å². The molecule has 0 fully saturated rings. The van der Waals surface area contributed by atoms with Crippen LogP contribution < -0.4 is 11.5 Å². The lowest BCUT2D eigenvalue weighted by molar-refractivity contribution is -0.161. The Kier molecular flexibility index (Phi) is 3.69. The maximum Gasteiger partial charge on any atom is 0.339 e. The van der Waals surface area contributed by atoms with Crippen molar-refractivity contribution in [2.24, 2.45) is 11.5 Å². The van der Waals surface area contributed by atoms with Gasteiger partial charge < -0.3 is 21.3 Å². The summed E-state index contributed by atoms with van der Waals surface area (Å²) in [7, 11) is 0.